The Bertz CT molecular complexity index is 763. The van der Waals surface area contributed by atoms with Crippen molar-refractivity contribution in [2.24, 2.45) is 0 Å². The smallest absolute Gasteiger partial charge is 0.440 e. The molecule has 0 aliphatic rings. The zero-order chi connectivity index (χ0) is 14.0. The first kappa shape index (κ1) is 12.8. The second-order valence-electron chi connectivity index (χ2n) is 4.49. The summed E-state index contributed by atoms with van der Waals surface area (Å²) in [5.74, 6) is -0.580. The Morgan fingerprint density at radius 1 is 1.42 bits per heavy atom. The standard InChI is InChI=1S/C14H13N3O2/c1-9(2)7-8-17-11-6-4-3-5-10(11)13(18)12(16-15)14(17)19/h3-7H,8H2,1-2H3. The average Bonchev–Trinajstić information content (AvgIpc) is 2.39. The number of nitrogens with zero attached hydrogens (tertiary/aromatic N) is 3. The number of para-hydroxylation sites is 1. The fourth-order valence-electron chi connectivity index (χ4n) is 1.91. The van der Waals surface area contributed by atoms with E-state index < -0.39 is 17.0 Å². The molecule has 2 rings (SSSR count). The van der Waals surface area contributed by atoms with Gasteiger partial charge in [0, 0.05) is 6.54 Å². The Labute approximate surface area is 110 Å². The van der Waals surface area contributed by atoms with Crippen molar-refractivity contribution in [2.45, 2.75) is 20.4 Å². The van der Waals surface area contributed by atoms with E-state index in [1.165, 1.54) is 4.57 Å². The average molecular weight is 255 g/mol. The van der Waals surface area contributed by atoms with Crippen LogP contribution in [0.5, 0.6) is 5.88 Å². The molecule has 0 radical (unpaired) electrons. The molecule has 5 nitrogen and oxygen atoms in total. The van der Waals surface area contributed by atoms with Gasteiger partial charge in [-0.05, 0) is 26.0 Å². The molecular weight excluding hydrogens is 242 g/mol. The highest BCUT2D eigenvalue weighted by Gasteiger charge is 2.19. The Morgan fingerprint density at radius 2 is 2.11 bits per heavy atom. The summed E-state index contributed by atoms with van der Waals surface area (Å²) >= 11 is 0. The topological polar surface area (TPSA) is 73.2 Å². The lowest BCUT2D eigenvalue weighted by molar-refractivity contribution is -0.277. The SMILES string of the molecule is CC(C)=CCn1c([O-])c([N+]#N)c(=O)c2ccccc21. The van der Waals surface area contributed by atoms with E-state index in [9.17, 15) is 9.90 Å². The van der Waals surface area contributed by atoms with Crippen LogP contribution in [0.15, 0.2) is 40.7 Å². The summed E-state index contributed by atoms with van der Waals surface area (Å²) in [7, 11) is 0. The third kappa shape index (κ3) is 2.20. The van der Waals surface area contributed by atoms with Crippen molar-refractivity contribution in [1.82, 2.24) is 4.57 Å². The van der Waals surface area contributed by atoms with Gasteiger partial charge < -0.3 is 9.67 Å². The van der Waals surface area contributed by atoms with Crippen LogP contribution in [0.4, 0.5) is 5.69 Å². The first-order valence-corrected chi connectivity index (χ1v) is 5.87. The van der Waals surface area contributed by atoms with Crippen molar-refractivity contribution in [2.75, 3.05) is 0 Å². The van der Waals surface area contributed by atoms with E-state index in [1.54, 1.807) is 24.3 Å². The highest BCUT2D eigenvalue weighted by Crippen LogP contribution is 2.25. The summed E-state index contributed by atoms with van der Waals surface area (Å²) in [6.07, 6.45) is 1.87. The minimum Gasteiger partial charge on any atom is -0.854 e. The van der Waals surface area contributed by atoms with Crippen molar-refractivity contribution in [1.29, 1.82) is 5.39 Å². The van der Waals surface area contributed by atoms with Crippen molar-refractivity contribution in [3.63, 3.8) is 0 Å². The summed E-state index contributed by atoms with van der Waals surface area (Å²) in [6, 6.07) is 6.79. The van der Waals surface area contributed by atoms with Crippen LogP contribution >= 0.6 is 0 Å². The lowest BCUT2D eigenvalue weighted by Crippen LogP contribution is -2.15. The molecule has 0 aliphatic carbocycles. The fraction of sp³-hybridized carbons (Fsp3) is 0.214. The molecule has 5 heteroatoms. The molecule has 0 unspecified atom stereocenters. The number of allylic oxidation sites excluding steroid dienone is 2. The van der Waals surface area contributed by atoms with Gasteiger partial charge in [-0.2, -0.15) is 0 Å². The van der Waals surface area contributed by atoms with Crippen LogP contribution in [0, 0.1) is 5.39 Å². The lowest BCUT2D eigenvalue weighted by Gasteiger charge is -2.16. The van der Waals surface area contributed by atoms with E-state index in [2.05, 4.69) is 4.98 Å². The summed E-state index contributed by atoms with van der Waals surface area (Å²) in [5, 5.41) is 21.4. The van der Waals surface area contributed by atoms with E-state index >= 15 is 0 Å². The quantitative estimate of drug-likeness (QED) is 0.611. The van der Waals surface area contributed by atoms with Gasteiger partial charge in [-0.3, -0.25) is 4.79 Å². The first-order chi connectivity index (χ1) is 9.06. The highest BCUT2D eigenvalue weighted by molar-refractivity contribution is 5.84. The molecule has 1 heterocycles. The van der Waals surface area contributed by atoms with E-state index in [-0.39, 0.29) is 0 Å². The van der Waals surface area contributed by atoms with Crippen LogP contribution in [-0.4, -0.2) is 4.57 Å². The predicted molar refractivity (Wildman–Crippen MR) is 71.8 cm³/mol. The summed E-state index contributed by atoms with van der Waals surface area (Å²) < 4.78 is 1.43. The molecule has 0 saturated carbocycles. The molecule has 0 amide bonds. The number of benzene rings is 1. The Balaban J connectivity index is 2.85. The molecule has 2 aromatic rings. The number of hydrogen-bond acceptors (Lipinski definition) is 3. The van der Waals surface area contributed by atoms with Gasteiger partial charge >= 0.3 is 5.69 Å². The van der Waals surface area contributed by atoms with Gasteiger partial charge in [0.1, 0.15) is 0 Å². The third-order valence-corrected chi connectivity index (χ3v) is 2.88. The summed E-state index contributed by atoms with van der Waals surface area (Å²) in [4.78, 5) is 14.8. The van der Waals surface area contributed by atoms with Crippen LogP contribution < -0.4 is 10.5 Å². The second-order valence-corrected chi connectivity index (χ2v) is 4.49. The van der Waals surface area contributed by atoms with E-state index in [0.717, 1.165) is 5.57 Å². The molecule has 0 N–H and O–H groups in total. The maximum atomic E-state index is 12.1. The van der Waals surface area contributed by atoms with Gasteiger partial charge in [-0.25, -0.2) is 0 Å². The van der Waals surface area contributed by atoms with Gasteiger partial charge in [0.25, 0.3) is 5.43 Å². The molecule has 0 bridgehead atoms. The van der Waals surface area contributed by atoms with Gasteiger partial charge in [0.15, 0.2) is 4.98 Å². The Morgan fingerprint density at radius 3 is 2.74 bits per heavy atom. The Kier molecular flexibility index (Phi) is 3.34. The van der Waals surface area contributed by atoms with E-state index in [1.807, 2.05) is 19.9 Å². The molecule has 1 aromatic carbocycles. The summed E-state index contributed by atoms with van der Waals surface area (Å²) in [5.41, 5.74) is 0.615. The molecule has 0 saturated heterocycles. The number of rotatable bonds is 2. The maximum Gasteiger partial charge on any atom is 0.440 e. The lowest BCUT2D eigenvalue weighted by atomic mass is 10.2. The second kappa shape index (κ2) is 4.94. The molecular formula is C14H13N3O2. The molecule has 96 valence electrons. The van der Waals surface area contributed by atoms with E-state index in [0.29, 0.717) is 17.4 Å². The number of hydrogen-bond donors (Lipinski definition) is 0. The summed E-state index contributed by atoms with van der Waals surface area (Å²) in [6.45, 7) is 4.18. The van der Waals surface area contributed by atoms with Crippen LogP contribution in [0.25, 0.3) is 15.9 Å². The third-order valence-electron chi connectivity index (χ3n) is 2.88. The van der Waals surface area contributed by atoms with Crippen LogP contribution in [0.2, 0.25) is 0 Å². The van der Waals surface area contributed by atoms with Crippen LogP contribution in [-0.2, 0) is 6.54 Å². The normalized spacial score (nSPS) is 10.2. The minimum atomic E-state index is -0.580. The number of fused-ring (bicyclic) bond motifs is 1. The van der Waals surface area contributed by atoms with Gasteiger partial charge in [0.2, 0.25) is 5.39 Å². The van der Waals surface area contributed by atoms with Gasteiger partial charge in [0.05, 0.1) is 16.8 Å². The van der Waals surface area contributed by atoms with Crippen molar-refractivity contribution >= 4 is 16.6 Å². The predicted octanol–water partition coefficient (Wildman–Crippen LogP) is 2.53. The van der Waals surface area contributed by atoms with Crippen molar-refractivity contribution in [3.05, 3.63) is 51.1 Å². The Hall–Kier alpha value is -2.61. The number of pyridine rings is 1. The monoisotopic (exact) mass is 255 g/mol. The zero-order valence-electron chi connectivity index (χ0n) is 10.8. The number of aromatic nitrogens is 1. The minimum absolute atomic E-state index is 0.338. The number of diazo groups is 1. The first-order valence-electron chi connectivity index (χ1n) is 5.87. The molecule has 0 fully saturated rings. The van der Waals surface area contributed by atoms with E-state index in [4.69, 9.17) is 5.39 Å². The maximum absolute atomic E-state index is 12.1. The molecule has 0 spiro atoms. The fourth-order valence-corrected chi connectivity index (χ4v) is 1.91. The van der Waals surface area contributed by atoms with Crippen LogP contribution in [0.1, 0.15) is 13.8 Å². The largest absolute Gasteiger partial charge is 0.854 e. The molecule has 0 atom stereocenters. The van der Waals surface area contributed by atoms with Gasteiger partial charge in [-0.1, -0.05) is 23.8 Å². The highest BCUT2D eigenvalue weighted by atomic mass is 16.3. The zero-order valence-corrected chi connectivity index (χ0v) is 10.8. The van der Waals surface area contributed by atoms with Gasteiger partial charge in [-0.15, -0.1) is 0 Å². The molecule has 0 aliphatic heterocycles. The van der Waals surface area contributed by atoms with Crippen LogP contribution in [0.3, 0.4) is 0 Å². The molecule has 1 aromatic heterocycles. The van der Waals surface area contributed by atoms with Crippen molar-refractivity contribution in [3.8, 4) is 5.88 Å². The van der Waals surface area contributed by atoms with Crippen molar-refractivity contribution < 1.29 is 5.11 Å². The molecule has 19 heavy (non-hydrogen) atoms.